The van der Waals surface area contributed by atoms with Crippen molar-refractivity contribution in [2.75, 3.05) is 34.0 Å². The molecule has 0 spiro atoms. The minimum atomic E-state index is 0.355. The van der Waals surface area contributed by atoms with E-state index in [2.05, 4.69) is 36.5 Å². The van der Waals surface area contributed by atoms with E-state index >= 15 is 0 Å². The summed E-state index contributed by atoms with van der Waals surface area (Å²) in [4.78, 5) is 0. The Morgan fingerprint density at radius 1 is 1.29 bits per heavy atom. The van der Waals surface area contributed by atoms with Crippen LogP contribution in [0.5, 0.6) is 0 Å². The fraction of sp³-hybridized carbons (Fsp3) is 0.571. The lowest BCUT2D eigenvalue weighted by atomic mass is 10.0. The maximum Gasteiger partial charge on any atom is 0.0701 e. The van der Waals surface area contributed by atoms with E-state index in [-0.39, 0.29) is 0 Å². The van der Waals surface area contributed by atoms with Crippen LogP contribution in [0.25, 0.3) is 0 Å². The molecule has 0 aromatic heterocycles. The Morgan fingerprint density at radius 2 is 2.12 bits per heavy atom. The molecule has 96 valence electrons. The van der Waals surface area contributed by atoms with Crippen LogP contribution in [0.1, 0.15) is 11.1 Å². The van der Waals surface area contributed by atoms with Crippen LogP contribution in [0.3, 0.4) is 0 Å². The minimum Gasteiger partial charge on any atom is -0.382 e. The second-order valence-corrected chi connectivity index (χ2v) is 4.25. The van der Waals surface area contributed by atoms with Gasteiger partial charge in [-0.2, -0.15) is 0 Å². The van der Waals surface area contributed by atoms with E-state index in [1.807, 2.05) is 7.05 Å². The summed E-state index contributed by atoms with van der Waals surface area (Å²) in [6.07, 6.45) is 0.991. The predicted molar refractivity (Wildman–Crippen MR) is 70.4 cm³/mol. The molecular weight excluding hydrogens is 214 g/mol. The molecule has 0 aliphatic heterocycles. The summed E-state index contributed by atoms with van der Waals surface area (Å²) >= 11 is 0. The number of ether oxygens (including phenoxy) is 2. The Morgan fingerprint density at radius 3 is 2.76 bits per heavy atom. The fourth-order valence-electron chi connectivity index (χ4n) is 1.74. The molecule has 1 N–H and O–H groups in total. The molecule has 0 bridgehead atoms. The molecular formula is C14H23NO2. The zero-order valence-electron chi connectivity index (χ0n) is 11.0. The van der Waals surface area contributed by atoms with E-state index in [9.17, 15) is 0 Å². The Bertz CT molecular complexity index is 315. The number of hydrogen-bond acceptors (Lipinski definition) is 3. The summed E-state index contributed by atoms with van der Waals surface area (Å²) in [5.41, 5.74) is 2.65. The van der Waals surface area contributed by atoms with Gasteiger partial charge in [0.05, 0.1) is 19.8 Å². The summed E-state index contributed by atoms with van der Waals surface area (Å²) < 4.78 is 10.5. The molecule has 0 fully saturated rings. The van der Waals surface area contributed by atoms with Crippen molar-refractivity contribution in [3.05, 3.63) is 35.4 Å². The molecule has 1 rings (SSSR count). The van der Waals surface area contributed by atoms with Crippen LogP contribution in [-0.2, 0) is 15.9 Å². The average Bonchev–Trinajstić information content (AvgIpc) is 2.33. The summed E-state index contributed by atoms with van der Waals surface area (Å²) in [5.74, 6) is 0. The summed E-state index contributed by atoms with van der Waals surface area (Å²) in [7, 11) is 3.66. The van der Waals surface area contributed by atoms with E-state index in [0.29, 0.717) is 25.9 Å². The largest absolute Gasteiger partial charge is 0.382 e. The Balaban J connectivity index is 2.35. The Kier molecular flexibility index (Phi) is 6.86. The first-order valence-corrected chi connectivity index (χ1v) is 6.05. The SMILES string of the molecule is CNC(COCCOC)Cc1cccc(C)c1. The number of benzene rings is 1. The summed E-state index contributed by atoms with van der Waals surface area (Å²) in [5, 5.41) is 3.28. The van der Waals surface area contributed by atoms with Crippen molar-refractivity contribution in [1.29, 1.82) is 0 Å². The van der Waals surface area contributed by atoms with Crippen LogP contribution in [-0.4, -0.2) is 40.0 Å². The van der Waals surface area contributed by atoms with Gasteiger partial charge in [0, 0.05) is 13.2 Å². The molecule has 1 unspecified atom stereocenters. The first-order valence-electron chi connectivity index (χ1n) is 6.05. The minimum absolute atomic E-state index is 0.355. The van der Waals surface area contributed by atoms with Crippen molar-refractivity contribution in [2.45, 2.75) is 19.4 Å². The zero-order valence-corrected chi connectivity index (χ0v) is 11.0. The molecule has 0 aliphatic rings. The third kappa shape index (κ3) is 5.82. The zero-order chi connectivity index (χ0) is 12.5. The van der Waals surface area contributed by atoms with Crippen LogP contribution in [0.15, 0.2) is 24.3 Å². The van der Waals surface area contributed by atoms with Crippen LogP contribution >= 0.6 is 0 Å². The van der Waals surface area contributed by atoms with Gasteiger partial charge in [0.1, 0.15) is 0 Å². The van der Waals surface area contributed by atoms with Crippen molar-refractivity contribution >= 4 is 0 Å². The lowest BCUT2D eigenvalue weighted by Gasteiger charge is -2.16. The van der Waals surface area contributed by atoms with Crippen LogP contribution in [0.4, 0.5) is 0 Å². The van der Waals surface area contributed by atoms with E-state index in [0.717, 1.165) is 6.42 Å². The van der Waals surface area contributed by atoms with E-state index in [4.69, 9.17) is 9.47 Å². The van der Waals surface area contributed by atoms with E-state index in [1.165, 1.54) is 11.1 Å². The van der Waals surface area contributed by atoms with Crippen LogP contribution < -0.4 is 5.32 Å². The van der Waals surface area contributed by atoms with Crippen molar-refractivity contribution < 1.29 is 9.47 Å². The third-order valence-corrected chi connectivity index (χ3v) is 2.72. The number of likely N-dealkylation sites (N-methyl/N-ethyl adjacent to an activating group) is 1. The molecule has 1 atom stereocenters. The van der Waals surface area contributed by atoms with Crippen molar-refractivity contribution in [2.24, 2.45) is 0 Å². The maximum absolute atomic E-state index is 5.54. The number of methoxy groups -OCH3 is 1. The molecule has 0 heterocycles. The van der Waals surface area contributed by atoms with Gasteiger partial charge in [0.25, 0.3) is 0 Å². The van der Waals surface area contributed by atoms with Gasteiger partial charge in [-0.1, -0.05) is 29.8 Å². The lowest BCUT2D eigenvalue weighted by Crippen LogP contribution is -2.33. The second kappa shape index (κ2) is 8.23. The molecule has 0 saturated heterocycles. The quantitative estimate of drug-likeness (QED) is 0.699. The van der Waals surface area contributed by atoms with E-state index < -0.39 is 0 Å². The number of nitrogens with one attached hydrogen (secondary N) is 1. The average molecular weight is 237 g/mol. The Hall–Kier alpha value is -0.900. The molecule has 0 radical (unpaired) electrons. The lowest BCUT2D eigenvalue weighted by molar-refractivity contribution is 0.0598. The van der Waals surface area contributed by atoms with E-state index in [1.54, 1.807) is 7.11 Å². The van der Waals surface area contributed by atoms with Crippen LogP contribution in [0, 0.1) is 6.92 Å². The molecule has 0 saturated carbocycles. The maximum atomic E-state index is 5.54. The van der Waals surface area contributed by atoms with Crippen molar-refractivity contribution in [1.82, 2.24) is 5.32 Å². The standard InChI is InChI=1S/C14H23NO2/c1-12-5-4-6-13(9-12)10-14(15-2)11-17-8-7-16-3/h4-6,9,14-15H,7-8,10-11H2,1-3H3. The number of aryl methyl sites for hydroxylation is 1. The second-order valence-electron chi connectivity index (χ2n) is 4.25. The fourth-order valence-corrected chi connectivity index (χ4v) is 1.74. The third-order valence-electron chi connectivity index (χ3n) is 2.72. The molecule has 0 amide bonds. The first-order chi connectivity index (χ1) is 8.26. The molecule has 3 heteroatoms. The van der Waals surface area contributed by atoms with Gasteiger partial charge in [-0.25, -0.2) is 0 Å². The van der Waals surface area contributed by atoms with Gasteiger partial charge < -0.3 is 14.8 Å². The molecule has 17 heavy (non-hydrogen) atoms. The molecule has 1 aromatic rings. The van der Waals surface area contributed by atoms with Gasteiger partial charge in [-0.05, 0) is 26.0 Å². The molecule has 0 aliphatic carbocycles. The highest BCUT2D eigenvalue weighted by molar-refractivity contribution is 5.22. The van der Waals surface area contributed by atoms with Gasteiger partial charge in [0.15, 0.2) is 0 Å². The molecule has 3 nitrogen and oxygen atoms in total. The first kappa shape index (κ1) is 14.2. The monoisotopic (exact) mass is 237 g/mol. The van der Waals surface area contributed by atoms with Crippen molar-refractivity contribution in [3.63, 3.8) is 0 Å². The predicted octanol–water partition coefficient (Wildman–Crippen LogP) is 1.79. The Labute approximate surface area is 104 Å². The number of rotatable bonds is 8. The highest BCUT2D eigenvalue weighted by Gasteiger charge is 2.07. The smallest absolute Gasteiger partial charge is 0.0701 e. The van der Waals surface area contributed by atoms with Gasteiger partial charge in [0.2, 0.25) is 0 Å². The van der Waals surface area contributed by atoms with Gasteiger partial charge in [-0.3, -0.25) is 0 Å². The number of hydrogen-bond donors (Lipinski definition) is 1. The highest BCUT2D eigenvalue weighted by Crippen LogP contribution is 2.07. The summed E-state index contributed by atoms with van der Waals surface area (Å²) in [6.45, 7) is 4.14. The topological polar surface area (TPSA) is 30.5 Å². The molecule has 1 aromatic carbocycles. The van der Waals surface area contributed by atoms with Gasteiger partial charge >= 0.3 is 0 Å². The van der Waals surface area contributed by atoms with Crippen LogP contribution in [0.2, 0.25) is 0 Å². The highest BCUT2D eigenvalue weighted by atomic mass is 16.5. The van der Waals surface area contributed by atoms with Gasteiger partial charge in [-0.15, -0.1) is 0 Å². The summed E-state index contributed by atoms with van der Waals surface area (Å²) in [6, 6.07) is 8.95. The normalized spacial score (nSPS) is 12.6. The van der Waals surface area contributed by atoms with Crippen molar-refractivity contribution in [3.8, 4) is 0 Å².